The van der Waals surface area contributed by atoms with Crippen molar-refractivity contribution in [1.82, 2.24) is 0 Å². The van der Waals surface area contributed by atoms with Crippen LogP contribution >= 0.6 is 0 Å². The summed E-state index contributed by atoms with van der Waals surface area (Å²) in [5, 5.41) is 0. The predicted molar refractivity (Wildman–Crippen MR) is 63.2 cm³/mol. The molecule has 19 heavy (non-hydrogen) atoms. The van der Waals surface area contributed by atoms with Crippen molar-refractivity contribution in [3.8, 4) is 5.75 Å². The molecule has 3 nitrogen and oxygen atoms in total. The average Bonchev–Trinajstić information content (AvgIpc) is 2.23. The third kappa shape index (κ3) is 5.74. The summed E-state index contributed by atoms with van der Waals surface area (Å²) < 4.78 is 45.6. The van der Waals surface area contributed by atoms with Gasteiger partial charge in [0, 0.05) is 0 Å². The van der Waals surface area contributed by atoms with E-state index in [-0.39, 0.29) is 12.2 Å². The third-order valence-electron chi connectivity index (χ3n) is 2.05. The van der Waals surface area contributed by atoms with Gasteiger partial charge in [-0.2, -0.15) is 0 Å². The van der Waals surface area contributed by atoms with Crippen molar-refractivity contribution < 1.29 is 27.4 Å². The topological polar surface area (TPSA) is 35.5 Å². The number of rotatable bonds is 4. The Hall–Kier alpha value is -1.56. The van der Waals surface area contributed by atoms with Gasteiger partial charge in [0.1, 0.15) is 12.4 Å². The summed E-state index contributed by atoms with van der Waals surface area (Å²) in [6.45, 7) is 4.94. The number of ketones is 1. The van der Waals surface area contributed by atoms with Gasteiger partial charge in [0.05, 0.1) is 11.2 Å². The molecular formula is C13H15F3O3. The number of carbonyl (C=O) groups excluding carboxylic acids is 1. The van der Waals surface area contributed by atoms with Gasteiger partial charge in [0.15, 0.2) is 5.78 Å². The maximum absolute atomic E-state index is 12.2. The Kier molecular flexibility index (Phi) is 4.57. The Morgan fingerprint density at radius 3 is 2.26 bits per heavy atom. The Labute approximate surface area is 109 Å². The van der Waals surface area contributed by atoms with Crippen LogP contribution in [0.3, 0.4) is 0 Å². The van der Waals surface area contributed by atoms with Crippen molar-refractivity contribution in [3.05, 3.63) is 29.8 Å². The van der Waals surface area contributed by atoms with Crippen molar-refractivity contribution in [2.24, 2.45) is 0 Å². The predicted octanol–water partition coefficient (Wildman–Crippen LogP) is 3.58. The number of benzene rings is 1. The highest BCUT2D eigenvalue weighted by Gasteiger charge is 2.32. The lowest BCUT2D eigenvalue weighted by atomic mass is 10.1. The molecule has 0 heterocycles. The zero-order valence-electron chi connectivity index (χ0n) is 10.9. The van der Waals surface area contributed by atoms with Crippen LogP contribution in [0.5, 0.6) is 5.75 Å². The molecule has 0 saturated heterocycles. The summed E-state index contributed by atoms with van der Waals surface area (Å²) in [5.41, 5.74) is -0.695. The van der Waals surface area contributed by atoms with Crippen LogP contribution in [0, 0.1) is 0 Å². The smallest absolute Gasteiger partial charge is 0.405 e. The van der Waals surface area contributed by atoms with Crippen molar-refractivity contribution >= 4 is 5.78 Å². The zero-order chi connectivity index (χ0) is 14.7. The van der Waals surface area contributed by atoms with E-state index in [9.17, 15) is 18.0 Å². The lowest BCUT2D eigenvalue weighted by Gasteiger charge is -2.19. The lowest BCUT2D eigenvalue weighted by molar-refractivity contribution is -0.274. The van der Waals surface area contributed by atoms with Gasteiger partial charge in [-0.05, 0) is 32.9 Å². The number of para-hydroxylation sites is 1. The second-order valence-electron chi connectivity index (χ2n) is 4.87. The van der Waals surface area contributed by atoms with E-state index in [0.29, 0.717) is 0 Å². The molecule has 0 atom stereocenters. The van der Waals surface area contributed by atoms with Gasteiger partial charge in [-0.15, -0.1) is 13.2 Å². The maximum atomic E-state index is 12.2. The number of hydrogen-bond acceptors (Lipinski definition) is 3. The second kappa shape index (κ2) is 5.61. The van der Waals surface area contributed by atoms with E-state index in [0.717, 1.165) is 6.07 Å². The summed E-state index contributed by atoms with van der Waals surface area (Å²) in [6, 6.07) is 5.20. The monoisotopic (exact) mass is 276 g/mol. The molecule has 6 heteroatoms. The maximum Gasteiger partial charge on any atom is 0.573 e. The van der Waals surface area contributed by atoms with Crippen molar-refractivity contribution in [2.45, 2.75) is 32.7 Å². The SMILES string of the molecule is CC(C)(C)OCC(=O)c1ccccc1OC(F)(F)F. The van der Waals surface area contributed by atoms with Crippen LogP contribution in [0.1, 0.15) is 31.1 Å². The molecule has 0 aromatic heterocycles. The number of carbonyl (C=O) groups is 1. The Bertz CT molecular complexity index is 447. The highest BCUT2D eigenvalue weighted by atomic mass is 19.4. The molecule has 1 aromatic rings. The molecule has 0 aliphatic rings. The van der Waals surface area contributed by atoms with Gasteiger partial charge >= 0.3 is 6.36 Å². The molecule has 0 aliphatic heterocycles. The van der Waals surface area contributed by atoms with Crippen molar-refractivity contribution in [1.29, 1.82) is 0 Å². The molecule has 0 amide bonds. The Balaban J connectivity index is 2.85. The molecule has 0 unspecified atom stereocenters. The largest absolute Gasteiger partial charge is 0.573 e. The Morgan fingerprint density at radius 1 is 1.16 bits per heavy atom. The fourth-order valence-electron chi connectivity index (χ4n) is 1.27. The first-order valence-corrected chi connectivity index (χ1v) is 5.60. The van der Waals surface area contributed by atoms with Crippen LogP contribution in [-0.2, 0) is 4.74 Å². The van der Waals surface area contributed by atoms with E-state index in [2.05, 4.69) is 4.74 Å². The molecule has 0 bridgehead atoms. The second-order valence-corrected chi connectivity index (χ2v) is 4.87. The van der Waals surface area contributed by atoms with Crippen molar-refractivity contribution in [2.75, 3.05) is 6.61 Å². The van der Waals surface area contributed by atoms with Gasteiger partial charge in [-0.25, -0.2) is 0 Å². The van der Waals surface area contributed by atoms with Gasteiger partial charge in [-0.3, -0.25) is 4.79 Å². The van der Waals surface area contributed by atoms with E-state index >= 15 is 0 Å². The molecule has 0 N–H and O–H groups in total. The van der Waals surface area contributed by atoms with Gasteiger partial charge < -0.3 is 9.47 Å². The van der Waals surface area contributed by atoms with E-state index in [1.807, 2.05) is 0 Å². The minimum absolute atomic E-state index is 0.149. The van der Waals surface area contributed by atoms with Crippen LogP contribution < -0.4 is 4.74 Å². The standard InChI is InChI=1S/C13H15F3O3/c1-12(2,3)18-8-10(17)9-6-4-5-7-11(9)19-13(14,15)16/h4-7H,8H2,1-3H3. The van der Waals surface area contributed by atoms with Gasteiger partial charge in [0.25, 0.3) is 0 Å². The highest BCUT2D eigenvalue weighted by molar-refractivity contribution is 5.99. The molecule has 0 aliphatic carbocycles. The summed E-state index contributed by atoms with van der Waals surface area (Å²) in [7, 11) is 0. The molecule has 0 spiro atoms. The third-order valence-corrected chi connectivity index (χ3v) is 2.05. The summed E-state index contributed by atoms with van der Waals surface area (Å²) >= 11 is 0. The number of hydrogen-bond donors (Lipinski definition) is 0. The van der Waals surface area contributed by atoms with Crippen LogP contribution in [-0.4, -0.2) is 24.4 Å². The first-order chi connectivity index (χ1) is 8.58. The van der Waals surface area contributed by atoms with E-state index in [4.69, 9.17) is 4.74 Å². The average molecular weight is 276 g/mol. The minimum Gasteiger partial charge on any atom is -0.405 e. The van der Waals surface area contributed by atoms with Crippen LogP contribution in [0.25, 0.3) is 0 Å². The highest BCUT2D eigenvalue weighted by Crippen LogP contribution is 2.26. The first-order valence-electron chi connectivity index (χ1n) is 5.60. The van der Waals surface area contributed by atoms with Crippen molar-refractivity contribution in [3.63, 3.8) is 0 Å². The van der Waals surface area contributed by atoms with Gasteiger partial charge in [-0.1, -0.05) is 12.1 Å². The summed E-state index contributed by atoms with van der Waals surface area (Å²) in [6.07, 6.45) is -4.83. The number of halogens is 3. The molecular weight excluding hydrogens is 261 g/mol. The fraction of sp³-hybridized carbons (Fsp3) is 0.462. The van der Waals surface area contributed by atoms with E-state index in [1.54, 1.807) is 20.8 Å². The Morgan fingerprint density at radius 2 is 1.74 bits per heavy atom. The van der Waals surface area contributed by atoms with Crippen LogP contribution in [0.4, 0.5) is 13.2 Å². The molecule has 0 radical (unpaired) electrons. The zero-order valence-corrected chi connectivity index (χ0v) is 10.9. The number of alkyl halides is 3. The molecule has 1 rings (SSSR count). The fourth-order valence-corrected chi connectivity index (χ4v) is 1.27. The minimum atomic E-state index is -4.83. The number of Topliss-reactive ketones (excluding diaryl/α,β-unsaturated/α-hetero) is 1. The number of ether oxygens (including phenoxy) is 2. The normalized spacial score (nSPS) is 12.3. The quantitative estimate of drug-likeness (QED) is 0.788. The van der Waals surface area contributed by atoms with E-state index in [1.165, 1.54) is 18.2 Å². The van der Waals surface area contributed by atoms with Crippen LogP contribution in [0.15, 0.2) is 24.3 Å². The van der Waals surface area contributed by atoms with Gasteiger partial charge in [0.2, 0.25) is 0 Å². The first kappa shape index (κ1) is 15.5. The molecule has 106 valence electrons. The lowest BCUT2D eigenvalue weighted by Crippen LogP contribution is -2.25. The summed E-state index contributed by atoms with van der Waals surface area (Å²) in [5.74, 6) is -1.08. The summed E-state index contributed by atoms with van der Waals surface area (Å²) in [4.78, 5) is 11.8. The van der Waals surface area contributed by atoms with E-state index < -0.39 is 23.5 Å². The molecule has 0 saturated carbocycles. The molecule has 1 aromatic carbocycles. The molecule has 0 fully saturated rings. The van der Waals surface area contributed by atoms with Crippen LogP contribution in [0.2, 0.25) is 0 Å².